The lowest BCUT2D eigenvalue weighted by molar-refractivity contribution is 1.13. The number of hydrogen-bond donors (Lipinski definition) is 0. The lowest BCUT2D eigenvalue weighted by Gasteiger charge is -1.95. The van der Waals surface area contributed by atoms with Crippen molar-refractivity contribution >= 4 is 28.9 Å². The molecule has 0 heterocycles. The van der Waals surface area contributed by atoms with Gasteiger partial charge < -0.3 is 0 Å². The van der Waals surface area contributed by atoms with Crippen LogP contribution in [-0.4, -0.2) is 5.67 Å². The monoisotopic (exact) mass is 177 g/mol. The Bertz CT molecular complexity index is 170. The molecular weight excluding hydrogens is 169 g/mol. The van der Waals surface area contributed by atoms with Gasteiger partial charge in [0.2, 0.25) is 0 Å². The van der Waals surface area contributed by atoms with Gasteiger partial charge in [-0.1, -0.05) is 42.8 Å². The van der Waals surface area contributed by atoms with Crippen LogP contribution in [0.2, 0.25) is 0 Å². The highest BCUT2D eigenvalue weighted by Gasteiger charge is 1.93. The molecule has 0 rings (SSSR count). The Labute approximate surface area is 71.1 Å². The summed E-state index contributed by atoms with van der Waals surface area (Å²) in [6.07, 6.45) is 2.49. The zero-order valence-electron chi connectivity index (χ0n) is 5.77. The topological polar surface area (TPSA) is 12.4 Å². The summed E-state index contributed by atoms with van der Waals surface area (Å²) in [5.41, 5.74) is 2.04. The summed E-state index contributed by atoms with van der Waals surface area (Å²) in [7, 11) is 0. The summed E-state index contributed by atoms with van der Waals surface area (Å²) in [6.45, 7) is 5.55. The minimum Gasteiger partial charge on any atom is -0.232 e. The fourth-order valence-corrected chi connectivity index (χ4v) is 0.907. The minimum absolute atomic E-state index is 0.410. The van der Waals surface area contributed by atoms with E-state index in [-0.39, 0.29) is 0 Å². The van der Waals surface area contributed by atoms with Crippen molar-refractivity contribution in [2.45, 2.75) is 13.3 Å². The first-order chi connectivity index (χ1) is 4.76. The zero-order valence-corrected chi connectivity index (χ0v) is 7.28. The maximum atomic E-state index is 5.67. The third kappa shape index (κ3) is 3.04. The third-order valence-corrected chi connectivity index (χ3v) is 1.49. The van der Waals surface area contributed by atoms with Crippen LogP contribution in [0.3, 0.4) is 0 Å². The summed E-state index contributed by atoms with van der Waals surface area (Å²) in [6, 6.07) is 0. The van der Waals surface area contributed by atoms with Crippen molar-refractivity contribution in [3.8, 4) is 0 Å². The van der Waals surface area contributed by atoms with Gasteiger partial charge in [-0.2, -0.15) is 0 Å². The van der Waals surface area contributed by atoms with Gasteiger partial charge in [-0.05, 0) is 12.0 Å². The number of nitrogens with zero attached hydrogens (tertiary/aromatic N) is 1. The largest absolute Gasteiger partial charge is 0.232 e. The van der Waals surface area contributed by atoms with Crippen LogP contribution in [0.25, 0.3) is 0 Å². The molecule has 0 aromatic heterocycles. The van der Waals surface area contributed by atoms with Gasteiger partial charge in [0.15, 0.2) is 0 Å². The van der Waals surface area contributed by atoms with E-state index in [2.05, 4.69) is 11.6 Å². The lowest BCUT2D eigenvalue weighted by atomic mass is 10.2. The fourth-order valence-electron chi connectivity index (χ4n) is 0.500. The number of allylic oxidation sites excluding steroid dienone is 2. The van der Waals surface area contributed by atoms with Gasteiger partial charge in [0.25, 0.3) is 0 Å². The van der Waals surface area contributed by atoms with Crippen molar-refractivity contribution in [1.29, 1.82) is 0 Å². The number of aliphatic imine (C=N–C) groups is 1. The van der Waals surface area contributed by atoms with Crippen LogP contribution >= 0.6 is 23.2 Å². The van der Waals surface area contributed by atoms with Crippen LogP contribution < -0.4 is 0 Å². The smallest absolute Gasteiger partial charge is 0.133 e. The fraction of sp³-hybridized carbons (Fsp3) is 0.286. The Morgan fingerprint density at radius 1 is 1.70 bits per heavy atom. The molecule has 0 aliphatic carbocycles. The lowest BCUT2D eigenvalue weighted by Crippen LogP contribution is -1.76. The van der Waals surface area contributed by atoms with Crippen molar-refractivity contribution < 1.29 is 0 Å². The molecule has 0 aliphatic rings. The molecule has 0 fully saturated rings. The van der Waals surface area contributed by atoms with Crippen molar-refractivity contribution in [3.05, 3.63) is 23.4 Å². The predicted molar refractivity (Wildman–Crippen MR) is 47.7 cm³/mol. The summed E-state index contributed by atoms with van der Waals surface area (Å²) >= 11 is 10.9. The van der Waals surface area contributed by atoms with Crippen LogP contribution in [-0.2, 0) is 0 Å². The molecule has 1 nitrogen and oxygen atoms in total. The number of hydrogen-bond acceptors (Lipinski definition) is 1. The highest BCUT2D eigenvalue weighted by atomic mass is 35.5. The second kappa shape index (κ2) is 5.51. The predicted octanol–water partition coefficient (Wildman–Crippen LogP) is 3.30. The van der Waals surface area contributed by atoms with E-state index in [0.29, 0.717) is 5.16 Å². The SMILES string of the molecule is C=C/C(CC)=C(Cl)\N=C\Cl. The van der Waals surface area contributed by atoms with Gasteiger partial charge in [-0.25, -0.2) is 4.99 Å². The Hall–Kier alpha value is -0.270. The van der Waals surface area contributed by atoms with E-state index < -0.39 is 0 Å². The molecule has 0 unspecified atom stereocenters. The van der Waals surface area contributed by atoms with Crippen molar-refractivity contribution in [2.24, 2.45) is 4.99 Å². The van der Waals surface area contributed by atoms with E-state index in [1.54, 1.807) is 6.08 Å². The van der Waals surface area contributed by atoms with Gasteiger partial charge >= 0.3 is 0 Å². The van der Waals surface area contributed by atoms with E-state index >= 15 is 0 Å². The molecule has 0 aromatic carbocycles. The summed E-state index contributed by atoms with van der Waals surface area (Å²) in [4.78, 5) is 3.68. The number of halogens is 2. The van der Waals surface area contributed by atoms with E-state index in [4.69, 9.17) is 23.2 Å². The van der Waals surface area contributed by atoms with Gasteiger partial charge in [0.1, 0.15) is 5.16 Å². The second-order valence-corrected chi connectivity index (χ2v) is 2.15. The summed E-state index contributed by atoms with van der Waals surface area (Å²) < 4.78 is 0. The molecule has 0 amide bonds. The Morgan fingerprint density at radius 2 is 2.30 bits per heavy atom. The van der Waals surface area contributed by atoms with E-state index in [9.17, 15) is 0 Å². The first kappa shape index (κ1) is 9.73. The second-order valence-electron chi connectivity index (χ2n) is 1.60. The normalized spacial score (nSPS) is 13.5. The van der Waals surface area contributed by atoms with Gasteiger partial charge in [-0.15, -0.1) is 0 Å². The molecule has 0 radical (unpaired) electrons. The Morgan fingerprint density at radius 3 is 2.60 bits per heavy atom. The van der Waals surface area contributed by atoms with Crippen molar-refractivity contribution in [3.63, 3.8) is 0 Å². The Kier molecular flexibility index (Phi) is 5.36. The standard InChI is InChI=1S/C7H9Cl2N/c1-3-6(4-2)7(9)10-5-8/h3,5H,1,4H2,2H3/b7-6+,10-5+. The van der Waals surface area contributed by atoms with Crippen LogP contribution in [0.4, 0.5) is 0 Å². The molecule has 0 bridgehead atoms. The Balaban J connectivity index is 4.42. The molecule has 0 saturated heterocycles. The van der Waals surface area contributed by atoms with E-state index in [1.807, 2.05) is 6.92 Å². The van der Waals surface area contributed by atoms with E-state index in [1.165, 1.54) is 0 Å². The first-order valence-electron chi connectivity index (χ1n) is 2.90. The maximum Gasteiger partial charge on any atom is 0.133 e. The van der Waals surface area contributed by atoms with Gasteiger partial charge in [-0.3, -0.25) is 0 Å². The molecule has 3 heteroatoms. The molecule has 0 spiro atoms. The quantitative estimate of drug-likeness (QED) is 0.357. The minimum atomic E-state index is 0.410. The molecule has 0 N–H and O–H groups in total. The van der Waals surface area contributed by atoms with Crippen LogP contribution in [0.15, 0.2) is 28.4 Å². The molecular formula is C7H9Cl2N. The first-order valence-corrected chi connectivity index (χ1v) is 3.71. The molecule has 0 saturated carbocycles. The molecule has 0 aromatic rings. The highest BCUT2D eigenvalue weighted by molar-refractivity contribution is 6.56. The summed E-state index contributed by atoms with van der Waals surface area (Å²) in [5, 5.41) is 0.410. The molecule has 0 aliphatic heterocycles. The van der Waals surface area contributed by atoms with E-state index in [0.717, 1.165) is 17.7 Å². The van der Waals surface area contributed by atoms with Crippen molar-refractivity contribution in [1.82, 2.24) is 0 Å². The van der Waals surface area contributed by atoms with Gasteiger partial charge in [0.05, 0.1) is 5.67 Å². The molecule has 0 atom stereocenters. The van der Waals surface area contributed by atoms with Crippen LogP contribution in [0, 0.1) is 0 Å². The van der Waals surface area contributed by atoms with Crippen LogP contribution in [0.5, 0.6) is 0 Å². The van der Waals surface area contributed by atoms with Gasteiger partial charge in [0, 0.05) is 0 Å². The molecule has 56 valence electrons. The number of rotatable bonds is 3. The van der Waals surface area contributed by atoms with Crippen molar-refractivity contribution in [2.75, 3.05) is 0 Å². The van der Waals surface area contributed by atoms with Crippen LogP contribution in [0.1, 0.15) is 13.3 Å². The summed E-state index contributed by atoms with van der Waals surface area (Å²) in [5.74, 6) is 0. The molecule has 10 heavy (non-hydrogen) atoms. The average molecular weight is 178 g/mol. The maximum absolute atomic E-state index is 5.67. The average Bonchev–Trinajstić information content (AvgIpc) is 1.91. The third-order valence-electron chi connectivity index (χ3n) is 1.05. The zero-order chi connectivity index (χ0) is 7.98. The highest BCUT2D eigenvalue weighted by Crippen LogP contribution is 2.14.